The Labute approximate surface area is 285 Å². The zero-order valence-electron chi connectivity index (χ0n) is 29.0. The number of fused-ring (bicyclic) bond motifs is 2. The maximum Gasteiger partial charge on any atom is 0.323 e. The molecular weight excluding hydrogens is 612 g/mol. The number of carbonyl (C=O) groups is 2. The van der Waals surface area contributed by atoms with Crippen LogP contribution in [0.1, 0.15) is 82.5 Å². The van der Waals surface area contributed by atoms with Crippen molar-refractivity contribution in [2.75, 3.05) is 57.3 Å². The SMILES string of the molecule is C[C@@H]1CN([C@H](C)CO)C(=O)c2cc(NC(=O)Nc3ccc4c(c3)OCO4)ccc2O[C@@H](C)CCCCO[C@@H]1CN(C)CC1CCCCC1. The Hall–Kier alpha value is -3.54. The van der Waals surface area contributed by atoms with E-state index in [1.54, 1.807) is 41.3 Å². The van der Waals surface area contributed by atoms with Crippen molar-refractivity contribution in [1.82, 2.24) is 9.80 Å². The summed E-state index contributed by atoms with van der Waals surface area (Å²) in [7, 11) is 2.18. The Morgan fingerprint density at radius 2 is 1.62 bits per heavy atom. The number of nitrogens with one attached hydrogen (secondary N) is 2. The number of ether oxygens (including phenoxy) is 4. The number of rotatable bonds is 8. The first kappa shape index (κ1) is 35.8. The van der Waals surface area contributed by atoms with Crippen LogP contribution in [0.2, 0.25) is 0 Å². The predicted octanol–water partition coefficient (Wildman–Crippen LogP) is 6.37. The van der Waals surface area contributed by atoms with Gasteiger partial charge in [-0.15, -0.1) is 0 Å². The molecule has 11 nitrogen and oxygen atoms in total. The summed E-state index contributed by atoms with van der Waals surface area (Å²) >= 11 is 0. The fourth-order valence-electron chi connectivity index (χ4n) is 6.92. The Bertz CT molecular complexity index is 1370. The summed E-state index contributed by atoms with van der Waals surface area (Å²) in [6.07, 6.45) is 9.03. The zero-order valence-corrected chi connectivity index (χ0v) is 29.0. The molecule has 11 heteroatoms. The van der Waals surface area contributed by atoms with Gasteiger partial charge in [0.2, 0.25) is 6.79 Å². The Morgan fingerprint density at radius 1 is 0.938 bits per heavy atom. The molecule has 264 valence electrons. The smallest absolute Gasteiger partial charge is 0.323 e. The van der Waals surface area contributed by atoms with Crippen molar-refractivity contribution in [3.63, 3.8) is 0 Å². The molecule has 2 aliphatic heterocycles. The molecule has 2 aromatic rings. The first-order chi connectivity index (χ1) is 23.2. The van der Waals surface area contributed by atoms with Crippen molar-refractivity contribution in [2.24, 2.45) is 11.8 Å². The number of nitrogens with zero attached hydrogens (tertiary/aromatic N) is 2. The lowest BCUT2D eigenvalue weighted by atomic mass is 9.89. The second-order valence-electron chi connectivity index (χ2n) is 13.9. The minimum Gasteiger partial charge on any atom is -0.490 e. The van der Waals surface area contributed by atoms with Crippen molar-refractivity contribution >= 4 is 23.3 Å². The number of urea groups is 1. The van der Waals surface area contributed by atoms with Crippen molar-refractivity contribution in [1.29, 1.82) is 0 Å². The largest absolute Gasteiger partial charge is 0.490 e. The highest BCUT2D eigenvalue weighted by Crippen LogP contribution is 2.34. The fraction of sp³-hybridized carbons (Fsp3) is 0.622. The summed E-state index contributed by atoms with van der Waals surface area (Å²) in [4.78, 5) is 31.5. The van der Waals surface area contributed by atoms with Gasteiger partial charge < -0.3 is 44.5 Å². The molecule has 0 aromatic heterocycles. The maximum atomic E-state index is 14.4. The van der Waals surface area contributed by atoms with Crippen molar-refractivity contribution in [3.8, 4) is 17.2 Å². The molecule has 5 rings (SSSR count). The van der Waals surface area contributed by atoms with Gasteiger partial charge in [0.05, 0.1) is 30.4 Å². The molecule has 48 heavy (non-hydrogen) atoms. The van der Waals surface area contributed by atoms with E-state index in [2.05, 4.69) is 29.5 Å². The second-order valence-corrected chi connectivity index (χ2v) is 13.9. The number of hydrogen-bond acceptors (Lipinski definition) is 8. The lowest BCUT2D eigenvalue weighted by molar-refractivity contribution is -0.0190. The van der Waals surface area contributed by atoms with Crippen LogP contribution in [0.15, 0.2) is 36.4 Å². The molecule has 3 amide bonds. The minimum atomic E-state index is -0.469. The van der Waals surface area contributed by atoms with Crippen LogP contribution in [0.25, 0.3) is 0 Å². The van der Waals surface area contributed by atoms with Crippen LogP contribution in [-0.2, 0) is 4.74 Å². The second kappa shape index (κ2) is 17.2. The van der Waals surface area contributed by atoms with E-state index in [-0.39, 0.29) is 37.4 Å². The highest BCUT2D eigenvalue weighted by Gasteiger charge is 2.31. The molecule has 1 fully saturated rings. The summed E-state index contributed by atoms with van der Waals surface area (Å²) in [5, 5.41) is 15.9. The normalized spacial score (nSPS) is 23.2. The number of carbonyl (C=O) groups excluding carboxylic acids is 2. The van der Waals surface area contributed by atoms with E-state index < -0.39 is 12.1 Å². The van der Waals surface area contributed by atoms with E-state index in [0.29, 0.717) is 47.3 Å². The van der Waals surface area contributed by atoms with Gasteiger partial charge in [-0.05, 0) is 89.2 Å². The van der Waals surface area contributed by atoms with Crippen molar-refractivity contribution in [2.45, 2.75) is 90.4 Å². The van der Waals surface area contributed by atoms with Crippen LogP contribution in [0.3, 0.4) is 0 Å². The quantitative estimate of drug-likeness (QED) is 0.297. The summed E-state index contributed by atoms with van der Waals surface area (Å²) in [6.45, 7) is 8.85. The van der Waals surface area contributed by atoms with Gasteiger partial charge in [-0.2, -0.15) is 0 Å². The first-order valence-corrected chi connectivity index (χ1v) is 17.7. The van der Waals surface area contributed by atoms with Gasteiger partial charge >= 0.3 is 6.03 Å². The molecule has 3 N–H and O–H groups in total. The molecule has 2 aromatic carbocycles. The fourth-order valence-corrected chi connectivity index (χ4v) is 6.92. The highest BCUT2D eigenvalue weighted by atomic mass is 16.7. The number of aliphatic hydroxyl groups is 1. The number of benzene rings is 2. The van der Waals surface area contributed by atoms with E-state index in [1.165, 1.54) is 32.1 Å². The van der Waals surface area contributed by atoms with Crippen LogP contribution in [0.4, 0.5) is 16.2 Å². The summed E-state index contributed by atoms with van der Waals surface area (Å²) in [6, 6.07) is 9.39. The molecule has 0 saturated heterocycles. The van der Waals surface area contributed by atoms with E-state index in [0.717, 1.165) is 38.3 Å². The van der Waals surface area contributed by atoms with Gasteiger partial charge in [0.1, 0.15) is 5.75 Å². The summed E-state index contributed by atoms with van der Waals surface area (Å²) < 4.78 is 23.7. The van der Waals surface area contributed by atoms with E-state index in [4.69, 9.17) is 18.9 Å². The first-order valence-electron chi connectivity index (χ1n) is 17.7. The van der Waals surface area contributed by atoms with Crippen molar-refractivity contribution in [3.05, 3.63) is 42.0 Å². The molecule has 0 bridgehead atoms. The Morgan fingerprint density at radius 3 is 2.38 bits per heavy atom. The third kappa shape index (κ3) is 9.76. The monoisotopic (exact) mass is 666 g/mol. The average molecular weight is 667 g/mol. The van der Waals surface area contributed by atoms with Crippen molar-refractivity contribution < 1.29 is 33.6 Å². The van der Waals surface area contributed by atoms with Crippen LogP contribution < -0.4 is 24.8 Å². The molecular formula is C37H54N4O7. The van der Waals surface area contributed by atoms with Gasteiger partial charge in [0.25, 0.3) is 5.91 Å². The number of amides is 3. The molecule has 0 unspecified atom stereocenters. The van der Waals surface area contributed by atoms with Gasteiger partial charge in [0, 0.05) is 49.6 Å². The molecule has 4 atom stereocenters. The molecule has 2 heterocycles. The van der Waals surface area contributed by atoms with Gasteiger partial charge in [-0.3, -0.25) is 4.79 Å². The molecule has 0 spiro atoms. The van der Waals surface area contributed by atoms with E-state index >= 15 is 0 Å². The molecule has 0 radical (unpaired) electrons. The summed E-state index contributed by atoms with van der Waals surface area (Å²) in [5.41, 5.74) is 1.31. The lowest BCUT2D eigenvalue weighted by Gasteiger charge is -2.36. The predicted molar refractivity (Wildman–Crippen MR) is 186 cm³/mol. The zero-order chi connectivity index (χ0) is 34.0. The van der Waals surface area contributed by atoms with E-state index in [1.807, 2.05) is 13.8 Å². The van der Waals surface area contributed by atoms with E-state index in [9.17, 15) is 14.7 Å². The number of hydrogen-bond donors (Lipinski definition) is 3. The maximum absolute atomic E-state index is 14.4. The molecule has 1 saturated carbocycles. The summed E-state index contributed by atoms with van der Waals surface area (Å²) in [5.74, 6) is 2.11. The van der Waals surface area contributed by atoms with Gasteiger partial charge in [0.15, 0.2) is 11.5 Å². The van der Waals surface area contributed by atoms with Gasteiger partial charge in [-0.1, -0.05) is 26.2 Å². The van der Waals surface area contributed by atoms with Crippen LogP contribution in [0, 0.1) is 11.8 Å². The highest BCUT2D eigenvalue weighted by molar-refractivity contribution is 6.02. The third-order valence-electron chi connectivity index (χ3n) is 9.73. The minimum absolute atomic E-state index is 0.0109. The average Bonchev–Trinajstić information content (AvgIpc) is 3.54. The van der Waals surface area contributed by atoms with Crippen LogP contribution in [0.5, 0.6) is 17.2 Å². The number of likely N-dealkylation sites (N-methyl/N-ethyl adjacent to an activating group) is 1. The third-order valence-corrected chi connectivity index (χ3v) is 9.73. The molecule has 3 aliphatic rings. The topological polar surface area (TPSA) is 122 Å². The standard InChI is InChI=1S/C37H54N4O7/c1-25-20-41(26(2)23-42)36(43)31-18-29(38-37(44)39-30-14-16-33-34(19-30)47-24-46-33)13-15-32(31)48-27(3)10-8-9-17-45-35(25)22-40(4)21-28-11-6-5-7-12-28/h13-16,18-19,25-28,35,42H,5-12,17,20-24H2,1-4H3,(H2,38,39,44)/t25-,26-,27+,35-/m1/s1. The van der Waals surface area contributed by atoms with Crippen LogP contribution in [-0.4, -0.2) is 91.8 Å². The molecule has 1 aliphatic carbocycles. The number of aliphatic hydroxyl groups excluding tert-OH is 1. The lowest BCUT2D eigenvalue weighted by Crippen LogP contribution is -2.47. The van der Waals surface area contributed by atoms with Gasteiger partial charge in [-0.25, -0.2) is 4.79 Å². The Balaban J connectivity index is 1.35. The van der Waals surface area contributed by atoms with Crippen LogP contribution >= 0.6 is 0 Å². The number of anilines is 2. The Kier molecular flexibility index (Phi) is 12.8.